The fourth-order valence-electron chi connectivity index (χ4n) is 1.99. The lowest BCUT2D eigenvalue weighted by Gasteiger charge is -2.07. The summed E-state index contributed by atoms with van der Waals surface area (Å²) in [5, 5.41) is 0.471. The molecule has 0 spiro atoms. The minimum Gasteiger partial charge on any atom is -0.460 e. The van der Waals surface area contributed by atoms with E-state index in [1.54, 1.807) is 18.5 Å². The van der Waals surface area contributed by atoms with E-state index in [9.17, 15) is 0 Å². The van der Waals surface area contributed by atoms with Gasteiger partial charge in [0.05, 0.1) is 5.52 Å². The molecule has 0 aliphatic heterocycles. The summed E-state index contributed by atoms with van der Waals surface area (Å²) in [5.41, 5.74) is 2.61. The van der Waals surface area contributed by atoms with Gasteiger partial charge in [-0.25, -0.2) is 9.97 Å². The predicted molar refractivity (Wildman–Crippen MR) is 76.8 cm³/mol. The normalized spacial score (nSPS) is 10.9. The number of imidazole rings is 1. The molecule has 0 aromatic carbocycles. The van der Waals surface area contributed by atoms with E-state index in [1.807, 2.05) is 29.7 Å². The summed E-state index contributed by atoms with van der Waals surface area (Å²) in [5.74, 6) is 0. The first-order valence-electron chi connectivity index (χ1n) is 6.32. The molecule has 0 aliphatic carbocycles. The van der Waals surface area contributed by atoms with E-state index in [0.717, 1.165) is 17.6 Å². The van der Waals surface area contributed by atoms with Crippen molar-refractivity contribution in [2.45, 2.75) is 20.1 Å². The van der Waals surface area contributed by atoms with Gasteiger partial charge in [0, 0.05) is 24.5 Å². The van der Waals surface area contributed by atoms with Crippen molar-refractivity contribution in [2.24, 2.45) is 0 Å². The quantitative estimate of drug-likeness (QED) is 0.692. The molecular formula is C14H13ClN4O. The molecule has 0 bridgehead atoms. The molecule has 0 N–H and O–H groups in total. The highest BCUT2D eigenvalue weighted by Gasteiger charge is 2.11. The lowest BCUT2D eigenvalue weighted by atomic mass is 10.3. The maximum Gasteiger partial charge on any atom is 0.299 e. The molecule has 20 heavy (non-hydrogen) atoms. The van der Waals surface area contributed by atoms with Crippen molar-refractivity contribution >= 4 is 22.8 Å². The zero-order chi connectivity index (χ0) is 13.9. The van der Waals surface area contributed by atoms with Gasteiger partial charge < -0.3 is 4.74 Å². The third-order valence-corrected chi connectivity index (χ3v) is 3.19. The molecule has 0 atom stereocenters. The van der Waals surface area contributed by atoms with Crippen molar-refractivity contribution in [1.82, 2.24) is 19.5 Å². The minimum atomic E-state index is 0.396. The van der Waals surface area contributed by atoms with E-state index in [1.165, 1.54) is 0 Å². The lowest BCUT2D eigenvalue weighted by Crippen LogP contribution is -2.03. The Balaban J connectivity index is 1.85. The van der Waals surface area contributed by atoms with Crippen LogP contribution < -0.4 is 4.74 Å². The smallest absolute Gasteiger partial charge is 0.299 e. The molecule has 5 nitrogen and oxygen atoms in total. The van der Waals surface area contributed by atoms with Crippen LogP contribution in [0.25, 0.3) is 11.2 Å². The highest BCUT2D eigenvalue weighted by molar-refractivity contribution is 6.29. The molecule has 102 valence electrons. The zero-order valence-corrected chi connectivity index (χ0v) is 11.7. The molecule has 0 fully saturated rings. The summed E-state index contributed by atoms with van der Waals surface area (Å²) in [6.45, 7) is 3.22. The third-order valence-electron chi connectivity index (χ3n) is 2.96. The summed E-state index contributed by atoms with van der Waals surface area (Å²) in [7, 11) is 0. The highest BCUT2D eigenvalue weighted by atomic mass is 35.5. The average molecular weight is 289 g/mol. The fourth-order valence-corrected chi connectivity index (χ4v) is 2.11. The minimum absolute atomic E-state index is 0.396. The Bertz CT molecular complexity index is 724. The van der Waals surface area contributed by atoms with Crippen LogP contribution in [0, 0.1) is 0 Å². The van der Waals surface area contributed by atoms with Crippen LogP contribution in [0.3, 0.4) is 0 Å². The van der Waals surface area contributed by atoms with Crippen LogP contribution in [0.5, 0.6) is 6.01 Å². The number of fused-ring (bicyclic) bond motifs is 1. The Morgan fingerprint density at radius 1 is 1.25 bits per heavy atom. The van der Waals surface area contributed by atoms with Gasteiger partial charge in [-0.05, 0) is 25.1 Å². The maximum absolute atomic E-state index is 5.77. The van der Waals surface area contributed by atoms with Crippen molar-refractivity contribution in [3.8, 4) is 6.01 Å². The second-order valence-corrected chi connectivity index (χ2v) is 4.65. The van der Waals surface area contributed by atoms with Crippen LogP contribution in [0.2, 0.25) is 5.15 Å². The number of hydrogen-bond acceptors (Lipinski definition) is 4. The Labute approximate surface area is 121 Å². The zero-order valence-electron chi connectivity index (χ0n) is 11.0. The van der Waals surface area contributed by atoms with Gasteiger partial charge in [0.25, 0.3) is 6.01 Å². The van der Waals surface area contributed by atoms with Crippen molar-refractivity contribution in [3.05, 3.63) is 47.4 Å². The molecule has 3 rings (SSSR count). The van der Waals surface area contributed by atoms with Crippen LogP contribution >= 0.6 is 11.6 Å². The molecule has 3 aromatic heterocycles. The van der Waals surface area contributed by atoms with E-state index in [2.05, 4.69) is 15.0 Å². The summed E-state index contributed by atoms with van der Waals surface area (Å²) in [6.07, 6.45) is 3.42. The molecule has 0 saturated heterocycles. The van der Waals surface area contributed by atoms with Gasteiger partial charge >= 0.3 is 0 Å². The number of rotatable bonds is 4. The Morgan fingerprint density at radius 2 is 2.15 bits per heavy atom. The number of nitrogens with zero attached hydrogens (tertiary/aromatic N) is 4. The second kappa shape index (κ2) is 5.46. The number of hydrogen-bond donors (Lipinski definition) is 0. The number of aryl methyl sites for hydroxylation is 1. The van der Waals surface area contributed by atoms with Crippen LogP contribution in [0.4, 0.5) is 0 Å². The number of halogens is 1. The summed E-state index contributed by atoms with van der Waals surface area (Å²) in [6, 6.07) is 8.06. The predicted octanol–water partition coefficient (Wildman–Crippen LogP) is 3.08. The molecule has 6 heteroatoms. The number of aromatic nitrogens is 4. The van der Waals surface area contributed by atoms with Gasteiger partial charge in [-0.15, -0.1) is 0 Å². The molecule has 0 unspecified atom stereocenters. The monoisotopic (exact) mass is 288 g/mol. The molecule has 0 aliphatic rings. The standard InChI is InChI=1S/C14H13ClN4O/c1-2-19-11-4-3-7-16-13(11)18-14(19)20-9-10-5-6-12(15)17-8-10/h3-8H,2,9H2,1H3. The summed E-state index contributed by atoms with van der Waals surface area (Å²) < 4.78 is 7.76. The molecule has 3 aromatic rings. The molecule has 0 amide bonds. The SMILES string of the molecule is CCn1c(OCc2ccc(Cl)nc2)nc2ncccc21. The molecular weight excluding hydrogens is 276 g/mol. The molecule has 0 radical (unpaired) electrons. The van der Waals surface area contributed by atoms with E-state index in [-0.39, 0.29) is 0 Å². The topological polar surface area (TPSA) is 52.8 Å². The van der Waals surface area contributed by atoms with Crippen molar-refractivity contribution < 1.29 is 4.74 Å². The van der Waals surface area contributed by atoms with Gasteiger partial charge in [0.15, 0.2) is 5.65 Å². The van der Waals surface area contributed by atoms with Gasteiger partial charge in [-0.2, -0.15) is 4.98 Å². The number of pyridine rings is 2. The Morgan fingerprint density at radius 3 is 2.90 bits per heavy atom. The van der Waals surface area contributed by atoms with Crippen molar-refractivity contribution in [3.63, 3.8) is 0 Å². The van der Waals surface area contributed by atoms with Crippen LogP contribution in [0.1, 0.15) is 12.5 Å². The Hall–Kier alpha value is -2.14. The van der Waals surface area contributed by atoms with E-state index < -0.39 is 0 Å². The maximum atomic E-state index is 5.77. The molecule has 3 heterocycles. The molecule has 0 saturated carbocycles. The van der Waals surface area contributed by atoms with Gasteiger partial charge in [-0.3, -0.25) is 4.57 Å². The summed E-state index contributed by atoms with van der Waals surface area (Å²) >= 11 is 5.75. The first-order chi connectivity index (χ1) is 9.78. The lowest BCUT2D eigenvalue weighted by molar-refractivity contribution is 0.269. The van der Waals surface area contributed by atoms with Crippen molar-refractivity contribution in [1.29, 1.82) is 0 Å². The van der Waals surface area contributed by atoms with E-state index in [4.69, 9.17) is 16.3 Å². The van der Waals surface area contributed by atoms with Crippen LogP contribution in [-0.4, -0.2) is 19.5 Å². The first kappa shape index (κ1) is 12.9. The summed E-state index contributed by atoms with van der Waals surface area (Å²) in [4.78, 5) is 12.7. The van der Waals surface area contributed by atoms with E-state index in [0.29, 0.717) is 23.4 Å². The van der Waals surface area contributed by atoms with Crippen molar-refractivity contribution in [2.75, 3.05) is 0 Å². The number of ether oxygens (including phenoxy) is 1. The largest absolute Gasteiger partial charge is 0.460 e. The fraction of sp³-hybridized carbons (Fsp3) is 0.214. The third kappa shape index (κ3) is 2.44. The van der Waals surface area contributed by atoms with Crippen LogP contribution in [-0.2, 0) is 13.2 Å². The second-order valence-electron chi connectivity index (χ2n) is 4.26. The van der Waals surface area contributed by atoms with Gasteiger partial charge in [-0.1, -0.05) is 17.7 Å². The van der Waals surface area contributed by atoms with Gasteiger partial charge in [0.1, 0.15) is 11.8 Å². The Kier molecular flexibility index (Phi) is 3.52. The highest BCUT2D eigenvalue weighted by Crippen LogP contribution is 2.20. The van der Waals surface area contributed by atoms with Crippen LogP contribution in [0.15, 0.2) is 36.7 Å². The van der Waals surface area contributed by atoms with E-state index >= 15 is 0 Å². The first-order valence-corrected chi connectivity index (χ1v) is 6.70. The average Bonchev–Trinajstić information content (AvgIpc) is 2.84. The van der Waals surface area contributed by atoms with Gasteiger partial charge in [0.2, 0.25) is 0 Å².